The van der Waals surface area contributed by atoms with Crippen LogP contribution in [0.3, 0.4) is 0 Å². The molecule has 2 rings (SSSR count). The fourth-order valence-electron chi connectivity index (χ4n) is 2.99. The summed E-state index contributed by atoms with van der Waals surface area (Å²) < 4.78 is 27.2. The number of rotatable bonds is 4. The number of hydrogen-bond acceptors (Lipinski definition) is 3. The van der Waals surface area contributed by atoms with E-state index in [1.54, 1.807) is 22.5 Å². The van der Waals surface area contributed by atoms with Crippen LogP contribution in [0.1, 0.15) is 25.8 Å². The molecular weight excluding hydrogens is 308 g/mol. The molecule has 1 heterocycles. The van der Waals surface area contributed by atoms with Gasteiger partial charge in [-0.25, -0.2) is 8.42 Å². The number of halogens is 1. The Morgan fingerprint density at radius 3 is 2.48 bits per heavy atom. The number of piperidine rings is 1. The summed E-state index contributed by atoms with van der Waals surface area (Å²) in [6.07, 6.45) is 1.08. The Morgan fingerprint density at radius 2 is 1.90 bits per heavy atom. The third kappa shape index (κ3) is 3.77. The van der Waals surface area contributed by atoms with Crippen LogP contribution >= 0.6 is 11.6 Å². The van der Waals surface area contributed by atoms with Crippen LogP contribution in [0.25, 0.3) is 0 Å². The van der Waals surface area contributed by atoms with Crippen molar-refractivity contribution in [1.29, 1.82) is 0 Å². The second-order valence-corrected chi connectivity index (χ2v) is 8.40. The predicted octanol–water partition coefficient (Wildman–Crippen LogP) is 2.73. The maximum absolute atomic E-state index is 12.8. The van der Waals surface area contributed by atoms with Crippen LogP contribution in [0.2, 0.25) is 5.02 Å². The Hall–Kier alpha value is -0.620. The van der Waals surface area contributed by atoms with E-state index >= 15 is 0 Å². The van der Waals surface area contributed by atoms with Gasteiger partial charge in [-0.15, -0.1) is 0 Å². The standard InChI is InChI=1S/C15H23ClN2O2S/c1-11-6-12(2)10-18(9-11)21(19,20)14-4-5-15(16)13(7-14)8-17-3/h4-5,7,11-12,17H,6,8-10H2,1-3H3. The van der Waals surface area contributed by atoms with E-state index in [9.17, 15) is 8.42 Å². The molecule has 1 N–H and O–H groups in total. The molecule has 0 bridgehead atoms. The number of sulfonamides is 1. The molecule has 0 amide bonds. The van der Waals surface area contributed by atoms with Crippen molar-refractivity contribution in [3.8, 4) is 0 Å². The highest BCUT2D eigenvalue weighted by molar-refractivity contribution is 7.89. The van der Waals surface area contributed by atoms with E-state index in [1.807, 2.05) is 7.05 Å². The quantitative estimate of drug-likeness (QED) is 0.923. The van der Waals surface area contributed by atoms with Gasteiger partial charge in [0.05, 0.1) is 4.90 Å². The first-order chi connectivity index (χ1) is 9.84. The lowest BCUT2D eigenvalue weighted by atomic mass is 9.94. The zero-order chi connectivity index (χ0) is 15.6. The average Bonchev–Trinajstić information content (AvgIpc) is 2.40. The summed E-state index contributed by atoms with van der Waals surface area (Å²) in [7, 11) is -1.63. The molecule has 1 fully saturated rings. The summed E-state index contributed by atoms with van der Waals surface area (Å²) in [6, 6.07) is 4.94. The van der Waals surface area contributed by atoms with E-state index < -0.39 is 10.0 Å². The molecule has 1 aromatic rings. The number of benzene rings is 1. The molecule has 1 aliphatic heterocycles. The molecule has 21 heavy (non-hydrogen) atoms. The van der Waals surface area contributed by atoms with Gasteiger partial charge in [0.2, 0.25) is 10.0 Å². The van der Waals surface area contributed by atoms with Crippen molar-refractivity contribution in [3.05, 3.63) is 28.8 Å². The minimum atomic E-state index is -3.44. The summed E-state index contributed by atoms with van der Waals surface area (Å²) in [5, 5.41) is 3.59. The molecule has 4 nitrogen and oxygen atoms in total. The smallest absolute Gasteiger partial charge is 0.243 e. The highest BCUT2D eigenvalue weighted by atomic mass is 35.5. The van der Waals surface area contributed by atoms with Gasteiger partial charge in [-0.2, -0.15) is 4.31 Å². The van der Waals surface area contributed by atoms with Gasteiger partial charge >= 0.3 is 0 Å². The fraction of sp³-hybridized carbons (Fsp3) is 0.600. The van der Waals surface area contributed by atoms with Crippen LogP contribution in [0.15, 0.2) is 23.1 Å². The van der Waals surface area contributed by atoms with E-state index in [4.69, 9.17) is 11.6 Å². The third-order valence-electron chi connectivity index (χ3n) is 3.86. The van der Waals surface area contributed by atoms with Gasteiger partial charge in [-0.05, 0) is 49.1 Å². The lowest BCUT2D eigenvalue weighted by molar-refractivity contribution is 0.222. The Morgan fingerprint density at radius 1 is 1.29 bits per heavy atom. The Bertz CT molecular complexity index is 594. The first-order valence-electron chi connectivity index (χ1n) is 7.27. The third-order valence-corrected chi connectivity index (χ3v) is 6.05. The van der Waals surface area contributed by atoms with Gasteiger partial charge in [0.25, 0.3) is 0 Å². The second-order valence-electron chi connectivity index (χ2n) is 6.05. The van der Waals surface area contributed by atoms with Crippen molar-refractivity contribution >= 4 is 21.6 Å². The summed E-state index contributed by atoms with van der Waals surface area (Å²) in [6.45, 7) is 5.95. The molecule has 0 aromatic heterocycles. The lowest BCUT2D eigenvalue weighted by Gasteiger charge is -2.34. The molecule has 6 heteroatoms. The van der Waals surface area contributed by atoms with E-state index in [2.05, 4.69) is 19.2 Å². The van der Waals surface area contributed by atoms with E-state index in [0.29, 0.717) is 41.4 Å². The highest BCUT2D eigenvalue weighted by Crippen LogP contribution is 2.28. The van der Waals surface area contributed by atoms with E-state index in [-0.39, 0.29) is 0 Å². The van der Waals surface area contributed by atoms with Crippen LogP contribution in [0, 0.1) is 11.8 Å². The van der Waals surface area contributed by atoms with Crippen molar-refractivity contribution in [2.24, 2.45) is 11.8 Å². The molecule has 0 radical (unpaired) electrons. The van der Waals surface area contributed by atoms with Gasteiger partial charge in [0, 0.05) is 24.7 Å². The molecule has 2 unspecified atom stereocenters. The SMILES string of the molecule is CNCc1cc(S(=O)(=O)N2CC(C)CC(C)C2)ccc1Cl. The van der Waals surface area contributed by atoms with Gasteiger partial charge < -0.3 is 5.32 Å². The first-order valence-corrected chi connectivity index (χ1v) is 9.09. The monoisotopic (exact) mass is 330 g/mol. The molecule has 118 valence electrons. The molecule has 1 aliphatic rings. The molecule has 0 spiro atoms. The van der Waals surface area contributed by atoms with Crippen molar-refractivity contribution in [2.75, 3.05) is 20.1 Å². The molecule has 1 aromatic carbocycles. The fourth-order valence-corrected chi connectivity index (χ4v) is 4.90. The maximum atomic E-state index is 12.8. The molecule has 2 atom stereocenters. The second kappa shape index (κ2) is 6.65. The molecule has 1 saturated heterocycles. The molecule has 0 saturated carbocycles. The molecular formula is C15H23ClN2O2S. The van der Waals surface area contributed by atoms with Crippen molar-refractivity contribution in [3.63, 3.8) is 0 Å². The minimum absolute atomic E-state index is 0.332. The van der Waals surface area contributed by atoms with Gasteiger partial charge in [-0.3, -0.25) is 0 Å². The molecule has 0 aliphatic carbocycles. The zero-order valence-corrected chi connectivity index (χ0v) is 14.3. The number of nitrogens with zero attached hydrogens (tertiary/aromatic N) is 1. The topological polar surface area (TPSA) is 49.4 Å². The largest absolute Gasteiger partial charge is 0.316 e. The van der Waals surface area contributed by atoms with Crippen LogP contribution in [0.4, 0.5) is 0 Å². The number of nitrogens with one attached hydrogen (secondary N) is 1. The predicted molar refractivity (Wildman–Crippen MR) is 85.9 cm³/mol. The summed E-state index contributed by atoms with van der Waals surface area (Å²) in [5.74, 6) is 0.792. The Labute approximate surface area is 132 Å². The van der Waals surface area contributed by atoms with E-state index in [1.165, 1.54) is 0 Å². The van der Waals surface area contributed by atoms with Gasteiger partial charge in [-0.1, -0.05) is 25.4 Å². The lowest BCUT2D eigenvalue weighted by Crippen LogP contribution is -2.42. The normalized spacial score (nSPS) is 24.2. The maximum Gasteiger partial charge on any atom is 0.243 e. The minimum Gasteiger partial charge on any atom is -0.316 e. The first kappa shape index (κ1) is 16.7. The average molecular weight is 331 g/mol. The summed E-state index contributed by atoms with van der Waals surface area (Å²) in [5.41, 5.74) is 0.804. The Kier molecular flexibility index (Phi) is 5.30. The van der Waals surface area contributed by atoms with Crippen LogP contribution in [-0.4, -0.2) is 32.9 Å². The Balaban J connectivity index is 2.33. The summed E-state index contributed by atoms with van der Waals surface area (Å²) >= 11 is 6.11. The van der Waals surface area contributed by atoms with Crippen molar-refractivity contribution in [2.45, 2.75) is 31.7 Å². The van der Waals surface area contributed by atoms with Crippen LogP contribution < -0.4 is 5.32 Å². The van der Waals surface area contributed by atoms with Crippen LogP contribution in [0.5, 0.6) is 0 Å². The van der Waals surface area contributed by atoms with Crippen molar-refractivity contribution < 1.29 is 8.42 Å². The van der Waals surface area contributed by atoms with E-state index in [0.717, 1.165) is 12.0 Å². The zero-order valence-electron chi connectivity index (χ0n) is 12.8. The van der Waals surface area contributed by atoms with Crippen molar-refractivity contribution in [1.82, 2.24) is 9.62 Å². The van der Waals surface area contributed by atoms with Gasteiger partial charge in [0.15, 0.2) is 0 Å². The highest BCUT2D eigenvalue weighted by Gasteiger charge is 2.31. The van der Waals surface area contributed by atoms with Crippen LogP contribution in [-0.2, 0) is 16.6 Å². The summed E-state index contributed by atoms with van der Waals surface area (Å²) in [4.78, 5) is 0.332. The van der Waals surface area contributed by atoms with Gasteiger partial charge in [0.1, 0.15) is 0 Å². The number of hydrogen-bond donors (Lipinski definition) is 1.